The van der Waals surface area contributed by atoms with Gasteiger partial charge in [0.05, 0.1) is 4.92 Å². The predicted octanol–water partition coefficient (Wildman–Crippen LogP) is 2.31. The van der Waals surface area contributed by atoms with Crippen LogP contribution in [0.2, 0.25) is 0 Å². The van der Waals surface area contributed by atoms with Crippen molar-refractivity contribution in [2.75, 3.05) is 11.9 Å². The van der Waals surface area contributed by atoms with Crippen molar-refractivity contribution < 1.29 is 9.72 Å². The lowest BCUT2D eigenvalue weighted by atomic mass is 10.1. The highest BCUT2D eigenvalue weighted by atomic mass is 16.6. The smallest absolute Gasteiger partial charge is 0.282 e. The number of nitrogens with zero attached hydrogens (tertiary/aromatic N) is 1. The first-order valence-electron chi connectivity index (χ1n) is 6.45. The van der Waals surface area contributed by atoms with Gasteiger partial charge in [0.2, 0.25) is 0 Å². The van der Waals surface area contributed by atoms with Gasteiger partial charge in [-0.05, 0) is 31.4 Å². The Hall–Kier alpha value is -2.11. The maximum atomic E-state index is 12.0. The fraction of sp³-hybridized carbons (Fsp3) is 0.462. The molecule has 1 fully saturated rings. The van der Waals surface area contributed by atoms with E-state index in [1.165, 1.54) is 6.07 Å². The number of anilines is 1. The second kappa shape index (κ2) is 5.69. The quantitative estimate of drug-likeness (QED) is 0.609. The molecule has 2 rings (SSSR count). The van der Waals surface area contributed by atoms with E-state index in [-0.39, 0.29) is 23.2 Å². The lowest BCUT2D eigenvalue weighted by molar-refractivity contribution is -0.385. The van der Waals surface area contributed by atoms with Crippen LogP contribution in [0.5, 0.6) is 0 Å². The molecule has 1 aliphatic carbocycles. The summed E-state index contributed by atoms with van der Waals surface area (Å²) >= 11 is 0. The number of benzene rings is 1. The lowest BCUT2D eigenvalue weighted by Gasteiger charge is -2.08. The van der Waals surface area contributed by atoms with Crippen molar-refractivity contribution in [1.82, 2.24) is 5.32 Å². The Morgan fingerprint density at radius 1 is 1.47 bits per heavy atom. The first kappa shape index (κ1) is 13.3. The van der Waals surface area contributed by atoms with Gasteiger partial charge in [-0.15, -0.1) is 0 Å². The van der Waals surface area contributed by atoms with Gasteiger partial charge < -0.3 is 10.6 Å². The van der Waals surface area contributed by atoms with Crippen LogP contribution in [0.25, 0.3) is 0 Å². The van der Waals surface area contributed by atoms with Gasteiger partial charge in [0, 0.05) is 24.3 Å². The molecule has 2 N–H and O–H groups in total. The molecule has 1 saturated carbocycles. The van der Waals surface area contributed by atoms with Gasteiger partial charge in [0.15, 0.2) is 0 Å². The van der Waals surface area contributed by atoms with Crippen molar-refractivity contribution in [3.8, 4) is 0 Å². The number of carbonyl (C=O) groups excluding carboxylic acids is 1. The van der Waals surface area contributed by atoms with Crippen LogP contribution in [0.1, 0.15) is 36.5 Å². The standard InChI is InChI=1S/C13H17N3O3/c1-2-7-14-10-5-6-12(16(18)19)11(8-10)13(17)15-9-3-4-9/h5-6,8-9,14H,2-4,7H2,1H3,(H,15,17). The zero-order valence-electron chi connectivity index (χ0n) is 10.8. The number of rotatable bonds is 6. The maximum Gasteiger partial charge on any atom is 0.282 e. The first-order chi connectivity index (χ1) is 9.11. The number of hydrogen-bond acceptors (Lipinski definition) is 4. The average molecular weight is 263 g/mol. The summed E-state index contributed by atoms with van der Waals surface area (Å²) in [6.45, 7) is 2.79. The van der Waals surface area contributed by atoms with E-state index in [0.29, 0.717) is 0 Å². The van der Waals surface area contributed by atoms with E-state index in [4.69, 9.17) is 0 Å². The molecular formula is C13H17N3O3. The highest BCUT2D eigenvalue weighted by molar-refractivity contribution is 5.99. The Morgan fingerprint density at radius 3 is 2.79 bits per heavy atom. The molecule has 0 bridgehead atoms. The summed E-state index contributed by atoms with van der Waals surface area (Å²) in [5.74, 6) is -0.366. The summed E-state index contributed by atoms with van der Waals surface area (Å²) in [6, 6.07) is 4.73. The third-order valence-corrected chi connectivity index (χ3v) is 2.93. The summed E-state index contributed by atoms with van der Waals surface area (Å²) in [4.78, 5) is 22.4. The van der Waals surface area contributed by atoms with Crippen molar-refractivity contribution in [3.05, 3.63) is 33.9 Å². The Kier molecular flexibility index (Phi) is 3.99. The molecule has 0 saturated heterocycles. The number of hydrogen-bond donors (Lipinski definition) is 2. The number of amides is 1. The Bertz CT molecular complexity index is 498. The highest BCUT2D eigenvalue weighted by Crippen LogP contribution is 2.25. The van der Waals surface area contributed by atoms with E-state index in [1.54, 1.807) is 12.1 Å². The predicted molar refractivity (Wildman–Crippen MR) is 72.4 cm³/mol. The molecule has 1 aliphatic rings. The second-order valence-electron chi connectivity index (χ2n) is 4.66. The summed E-state index contributed by atoms with van der Waals surface area (Å²) < 4.78 is 0. The second-order valence-corrected chi connectivity index (χ2v) is 4.66. The molecular weight excluding hydrogens is 246 g/mol. The summed E-state index contributed by atoms with van der Waals surface area (Å²) in [7, 11) is 0. The molecule has 0 spiro atoms. The number of carbonyl (C=O) groups is 1. The van der Waals surface area contributed by atoms with Crippen LogP contribution >= 0.6 is 0 Å². The first-order valence-corrected chi connectivity index (χ1v) is 6.45. The minimum Gasteiger partial charge on any atom is -0.385 e. The molecule has 6 nitrogen and oxygen atoms in total. The normalized spacial score (nSPS) is 13.9. The Morgan fingerprint density at radius 2 is 2.21 bits per heavy atom. The molecule has 0 aliphatic heterocycles. The monoisotopic (exact) mass is 263 g/mol. The van der Waals surface area contributed by atoms with Gasteiger partial charge in [-0.2, -0.15) is 0 Å². The van der Waals surface area contributed by atoms with Crippen molar-refractivity contribution in [2.24, 2.45) is 0 Å². The van der Waals surface area contributed by atoms with E-state index in [9.17, 15) is 14.9 Å². The molecule has 1 amide bonds. The summed E-state index contributed by atoms with van der Waals surface area (Å²) in [5.41, 5.74) is 0.701. The Labute approximate surface area is 111 Å². The molecule has 0 unspecified atom stereocenters. The number of nitrogens with one attached hydrogen (secondary N) is 2. The SMILES string of the molecule is CCCNc1ccc([N+](=O)[O-])c(C(=O)NC2CC2)c1. The Balaban J connectivity index is 2.23. The molecule has 6 heteroatoms. The molecule has 19 heavy (non-hydrogen) atoms. The molecule has 0 heterocycles. The van der Waals surface area contributed by atoms with E-state index < -0.39 is 4.92 Å². The van der Waals surface area contributed by atoms with Crippen LogP contribution in [0.4, 0.5) is 11.4 Å². The average Bonchev–Trinajstić information content (AvgIpc) is 3.19. The van der Waals surface area contributed by atoms with Gasteiger partial charge in [-0.3, -0.25) is 14.9 Å². The fourth-order valence-corrected chi connectivity index (χ4v) is 1.75. The van der Waals surface area contributed by atoms with Gasteiger partial charge >= 0.3 is 0 Å². The minimum atomic E-state index is -0.522. The van der Waals surface area contributed by atoms with Crippen molar-refractivity contribution in [1.29, 1.82) is 0 Å². The number of nitro benzene ring substituents is 1. The van der Waals surface area contributed by atoms with Gasteiger partial charge in [0.1, 0.15) is 5.56 Å². The van der Waals surface area contributed by atoms with Crippen molar-refractivity contribution >= 4 is 17.3 Å². The summed E-state index contributed by atoms with van der Waals surface area (Å²) in [5, 5.41) is 16.9. The van der Waals surface area contributed by atoms with Crippen molar-refractivity contribution in [2.45, 2.75) is 32.2 Å². The highest BCUT2D eigenvalue weighted by Gasteiger charge is 2.27. The van der Waals surface area contributed by atoms with Crippen LogP contribution < -0.4 is 10.6 Å². The third-order valence-electron chi connectivity index (χ3n) is 2.93. The van der Waals surface area contributed by atoms with Gasteiger partial charge in [-0.25, -0.2) is 0 Å². The zero-order valence-corrected chi connectivity index (χ0v) is 10.8. The van der Waals surface area contributed by atoms with E-state index >= 15 is 0 Å². The molecule has 1 aromatic rings. The molecule has 1 aromatic carbocycles. The van der Waals surface area contributed by atoms with E-state index in [0.717, 1.165) is 31.5 Å². The van der Waals surface area contributed by atoms with E-state index in [2.05, 4.69) is 10.6 Å². The van der Waals surface area contributed by atoms with Gasteiger partial charge in [0.25, 0.3) is 11.6 Å². The summed E-state index contributed by atoms with van der Waals surface area (Å²) in [6.07, 6.45) is 2.85. The minimum absolute atomic E-state index is 0.123. The lowest BCUT2D eigenvalue weighted by Crippen LogP contribution is -2.26. The van der Waals surface area contributed by atoms with Crippen LogP contribution in [-0.2, 0) is 0 Å². The molecule has 0 aromatic heterocycles. The number of nitro groups is 1. The van der Waals surface area contributed by atoms with Crippen LogP contribution in [0.3, 0.4) is 0 Å². The van der Waals surface area contributed by atoms with Crippen LogP contribution in [0, 0.1) is 10.1 Å². The molecule has 102 valence electrons. The third kappa shape index (κ3) is 3.43. The molecule has 0 atom stereocenters. The zero-order chi connectivity index (χ0) is 13.8. The molecule has 0 radical (unpaired) electrons. The van der Waals surface area contributed by atoms with Crippen LogP contribution in [-0.4, -0.2) is 23.4 Å². The van der Waals surface area contributed by atoms with E-state index in [1.807, 2.05) is 6.92 Å². The largest absolute Gasteiger partial charge is 0.385 e. The van der Waals surface area contributed by atoms with Crippen LogP contribution in [0.15, 0.2) is 18.2 Å². The maximum absolute atomic E-state index is 12.0. The fourth-order valence-electron chi connectivity index (χ4n) is 1.75. The van der Waals surface area contributed by atoms with Gasteiger partial charge in [-0.1, -0.05) is 6.92 Å². The topological polar surface area (TPSA) is 84.3 Å². The van der Waals surface area contributed by atoms with Crippen molar-refractivity contribution in [3.63, 3.8) is 0 Å².